The molecule has 112 valence electrons. The van der Waals surface area contributed by atoms with E-state index in [-0.39, 0.29) is 6.61 Å². The molecule has 0 heterocycles. The fraction of sp³-hybridized carbons (Fsp3) is 0.250. The van der Waals surface area contributed by atoms with E-state index >= 15 is 0 Å². The summed E-state index contributed by atoms with van der Waals surface area (Å²) in [5.74, 6) is 2.10. The fourth-order valence-electron chi connectivity index (χ4n) is 1.81. The summed E-state index contributed by atoms with van der Waals surface area (Å²) < 4.78 is 16.2. The number of aliphatic hydroxyl groups is 1. The van der Waals surface area contributed by atoms with Crippen LogP contribution in [0.5, 0.6) is 17.2 Å². The molecular weight excluding hydrogens is 292 g/mol. The Labute approximate surface area is 128 Å². The maximum absolute atomic E-state index is 9.28. The molecule has 2 aromatic carbocycles. The molecule has 0 aliphatic carbocycles. The fourth-order valence-corrected chi connectivity index (χ4v) is 2.04. The highest BCUT2D eigenvalue weighted by Crippen LogP contribution is 2.26. The number of benzene rings is 2. The number of hydrogen-bond donors (Lipinski definition) is 1. The topological polar surface area (TPSA) is 47.9 Å². The predicted molar refractivity (Wildman–Crippen MR) is 81.4 cm³/mol. The van der Waals surface area contributed by atoms with Crippen LogP contribution in [0, 0.1) is 0 Å². The molecule has 0 bridgehead atoms. The number of ether oxygens (including phenoxy) is 3. The Kier molecular flexibility index (Phi) is 5.72. The highest BCUT2D eigenvalue weighted by molar-refractivity contribution is 6.31. The van der Waals surface area contributed by atoms with E-state index in [4.69, 9.17) is 25.8 Å². The Hall–Kier alpha value is -1.91. The Bertz CT molecular complexity index is 569. The van der Waals surface area contributed by atoms with Crippen LogP contribution >= 0.6 is 11.6 Å². The monoisotopic (exact) mass is 308 g/mol. The molecule has 2 rings (SSSR count). The highest BCUT2D eigenvalue weighted by Gasteiger charge is 2.06. The minimum atomic E-state index is -0.158. The molecule has 0 amide bonds. The van der Waals surface area contributed by atoms with Crippen molar-refractivity contribution in [3.63, 3.8) is 0 Å². The third-order valence-electron chi connectivity index (χ3n) is 2.90. The molecule has 1 N–H and O–H groups in total. The maximum atomic E-state index is 9.28. The van der Waals surface area contributed by atoms with Crippen molar-refractivity contribution in [2.75, 3.05) is 20.3 Å². The first-order chi connectivity index (χ1) is 10.2. The van der Waals surface area contributed by atoms with Crippen LogP contribution in [0.15, 0.2) is 42.5 Å². The van der Waals surface area contributed by atoms with Crippen LogP contribution in [0.2, 0.25) is 5.02 Å². The standard InChI is InChI=1S/C16H17ClO4/c1-19-12-5-7-13(8-6-12)20-9-10-21-16-4-2-3-15(17)14(16)11-18/h2-8,18H,9-11H2,1H3. The normalized spacial score (nSPS) is 10.2. The van der Waals surface area contributed by atoms with Gasteiger partial charge in [-0.3, -0.25) is 0 Å². The quantitative estimate of drug-likeness (QED) is 0.797. The Morgan fingerprint density at radius 2 is 1.62 bits per heavy atom. The molecule has 21 heavy (non-hydrogen) atoms. The van der Waals surface area contributed by atoms with E-state index in [0.29, 0.717) is 29.5 Å². The van der Waals surface area contributed by atoms with Crippen molar-refractivity contribution in [2.45, 2.75) is 6.61 Å². The molecular formula is C16H17ClO4. The van der Waals surface area contributed by atoms with Gasteiger partial charge in [-0.1, -0.05) is 17.7 Å². The van der Waals surface area contributed by atoms with Crippen molar-refractivity contribution in [3.05, 3.63) is 53.1 Å². The summed E-state index contributed by atoms with van der Waals surface area (Å²) >= 11 is 5.98. The van der Waals surface area contributed by atoms with Crippen LogP contribution in [0.1, 0.15) is 5.56 Å². The predicted octanol–water partition coefficient (Wildman–Crippen LogP) is 3.30. The molecule has 5 heteroatoms. The summed E-state index contributed by atoms with van der Waals surface area (Å²) in [7, 11) is 1.62. The Morgan fingerprint density at radius 1 is 0.952 bits per heavy atom. The van der Waals surface area contributed by atoms with Crippen molar-refractivity contribution in [1.29, 1.82) is 0 Å². The van der Waals surface area contributed by atoms with Gasteiger partial charge in [0.05, 0.1) is 13.7 Å². The van der Waals surface area contributed by atoms with E-state index in [9.17, 15) is 5.11 Å². The van der Waals surface area contributed by atoms with Gasteiger partial charge in [-0.05, 0) is 36.4 Å². The third kappa shape index (κ3) is 4.28. The van der Waals surface area contributed by atoms with Crippen molar-refractivity contribution in [2.24, 2.45) is 0 Å². The minimum absolute atomic E-state index is 0.158. The van der Waals surface area contributed by atoms with E-state index in [1.165, 1.54) is 0 Å². The number of halogens is 1. The smallest absolute Gasteiger partial charge is 0.126 e. The lowest BCUT2D eigenvalue weighted by Crippen LogP contribution is -2.10. The number of aliphatic hydroxyl groups excluding tert-OH is 1. The van der Waals surface area contributed by atoms with Crippen molar-refractivity contribution in [3.8, 4) is 17.2 Å². The average Bonchev–Trinajstić information content (AvgIpc) is 2.52. The van der Waals surface area contributed by atoms with E-state index < -0.39 is 0 Å². The van der Waals surface area contributed by atoms with Gasteiger partial charge in [0.25, 0.3) is 0 Å². The second-order valence-electron chi connectivity index (χ2n) is 4.25. The van der Waals surface area contributed by atoms with Gasteiger partial charge in [-0.15, -0.1) is 0 Å². The third-order valence-corrected chi connectivity index (χ3v) is 3.26. The highest BCUT2D eigenvalue weighted by atomic mass is 35.5. The summed E-state index contributed by atoms with van der Waals surface area (Å²) in [6, 6.07) is 12.6. The molecule has 4 nitrogen and oxygen atoms in total. The van der Waals surface area contributed by atoms with Gasteiger partial charge in [-0.2, -0.15) is 0 Å². The first kappa shape index (κ1) is 15.5. The van der Waals surface area contributed by atoms with Crippen LogP contribution in [0.25, 0.3) is 0 Å². The van der Waals surface area contributed by atoms with E-state index in [1.54, 1.807) is 25.3 Å². The van der Waals surface area contributed by atoms with E-state index in [2.05, 4.69) is 0 Å². The van der Waals surface area contributed by atoms with Crippen molar-refractivity contribution < 1.29 is 19.3 Å². The van der Waals surface area contributed by atoms with Crippen LogP contribution in [0.4, 0.5) is 0 Å². The summed E-state index contributed by atoms with van der Waals surface area (Å²) in [5.41, 5.74) is 0.587. The molecule has 0 aromatic heterocycles. The van der Waals surface area contributed by atoms with Gasteiger partial charge < -0.3 is 19.3 Å². The maximum Gasteiger partial charge on any atom is 0.126 e. The Balaban J connectivity index is 1.83. The summed E-state index contributed by atoms with van der Waals surface area (Å²) in [6.07, 6.45) is 0. The lowest BCUT2D eigenvalue weighted by molar-refractivity contribution is 0.210. The van der Waals surface area contributed by atoms with Gasteiger partial charge in [-0.25, -0.2) is 0 Å². The van der Waals surface area contributed by atoms with Crippen molar-refractivity contribution >= 4 is 11.6 Å². The molecule has 0 aliphatic heterocycles. The molecule has 0 saturated carbocycles. The van der Waals surface area contributed by atoms with Crippen LogP contribution in [-0.4, -0.2) is 25.4 Å². The zero-order chi connectivity index (χ0) is 15.1. The molecule has 0 atom stereocenters. The summed E-state index contributed by atoms with van der Waals surface area (Å²) in [6.45, 7) is 0.595. The van der Waals surface area contributed by atoms with E-state index in [0.717, 1.165) is 11.5 Å². The van der Waals surface area contributed by atoms with Gasteiger partial charge in [0.2, 0.25) is 0 Å². The van der Waals surface area contributed by atoms with Gasteiger partial charge in [0.1, 0.15) is 30.5 Å². The molecule has 0 spiro atoms. The molecule has 2 aromatic rings. The van der Waals surface area contributed by atoms with Crippen LogP contribution in [0.3, 0.4) is 0 Å². The lowest BCUT2D eigenvalue weighted by Gasteiger charge is -2.12. The summed E-state index contributed by atoms with van der Waals surface area (Å²) in [4.78, 5) is 0. The first-order valence-electron chi connectivity index (χ1n) is 6.52. The zero-order valence-corrected chi connectivity index (χ0v) is 12.5. The van der Waals surface area contributed by atoms with E-state index in [1.807, 2.05) is 24.3 Å². The lowest BCUT2D eigenvalue weighted by atomic mass is 10.2. The molecule has 0 radical (unpaired) electrons. The van der Waals surface area contributed by atoms with Gasteiger partial charge >= 0.3 is 0 Å². The van der Waals surface area contributed by atoms with Crippen molar-refractivity contribution in [1.82, 2.24) is 0 Å². The van der Waals surface area contributed by atoms with Crippen LogP contribution < -0.4 is 14.2 Å². The second-order valence-corrected chi connectivity index (χ2v) is 4.65. The average molecular weight is 309 g/mol. The Morgan fingerprint density at radius 3 is 2.29 bits per heavy atom. The largest absolute Gasteiger partial charge is 0.497 e. The SMILES string of the molecule is COc1ccc(OCCOc2cccc(Cl)c2CO)cc1. The zero-order valence-electron chi connectivity index (χ0n) is 11.7. The van der Waals surface area contributed by atoms with Crippen LogP contribution in [-0.2, 0) is 6.61 Å². The molecule has 0 saturated heterocycles. The molecule has 0 unspecified atom stereocenters. The molecule has 0 aliphatic rings. The number of rotatable bonds is 7. The molecule has 0 fully saturated rings. The first-order valence-corrected chi connectivity index (χ1v) is 6.90. The van der Waals surface area contributed by atoms with Gasteiger partial charge in [0, 0.05) is 10.6 Å². The summed E-state index contributed by atoms with van der Waals surface area (Å²) in [5, 5.41) is 9.77. The minimum Gasteiger partial charge on any atom is -0.497 e. The number of hydrogen-bond acceptors (Lipinski definition) is 4. The van der Waals surface area contributed by atoms with Gasteiger partial charge in [0.15, 0.2) is 0 Å². The number of methoxy groups -OCH3 is 1. The second kappa shape index (κ2) is 7.76.